The first-order valence-corrected chi connectivity index (χ1v) is 8.31. The first-order valence-electron chi connectivity index (χ1n) is 6.51. The summed E-state index contributed by atoms with van der Waals surface area (Å²) in [6.07, 6.45) is 1.25. The molecular weight excluding hydrogens is 312 g/mol. The van der Waals surface area contributed by atoms with Crippen LogP contribution in [0.1, 0.15) is 29.4 Å². The topological polar surface area (TPSA) is 86.7 Å². The van der Waals surface area contributed by atoms with E-state index in [1.54, 1.807) is 22.7 Å². The van der Waals surface area contributed by atoms with Crippen LogP contribution < -0.4 is 5.32 Å². The molecular formula is C13H14N2O4S2. The number of hydrogen-bond acceptors (Lipinski definition) is 5. The zero-order valence-corrected chi connectivity index (χ0v) is 12.9. The lowest BCUT2D eigenvalue weighted by Gasteiger charge is -2.29. The summed E-state index contributed by atoms with van der Waals surface area (Å²) in [4.78, 5) is 36.8. The van der Waals surface area contributed by atoms with Gasteiger partial charge in [0.1, 0.15) is 10.9 Å². The molecule has 2 amide bonds. The maximum absolute atomic E-state index is 12.4. The van der Waals surface area contributed by atoms with E-state index >= 15 is 0 Å². The van der Waals surface area contributed by atoms with Crippen molar-refractivity contribution in [1.29, 1.82) is 0 Å². The van der Waals surface area contributed by atoms with Crippen LogP contribution in [0.2, 0.25) is 0 Å². The maximum atomic E-state index is 12.4. The summed E-state index contributed by atoms with van der Waals surface area (Å²) >= 11 is 2.64. The van der Waals surface area contributed by atoms with Gasteiger partial charge in [-0.05, 0) is 25.5 Å². The molecule has 3 rings (SSSR count). The van der Waals surface area contributed by atoms with Gasteiger partial charge >= 0.3 is 5.97 Å². The van der Waals surface area contributed by atoms with Crippen molar-refractivity contribution in [2.75, 3.05) is 11.1 Å². The summed E-state index contributed by atoms with van der Waals surface area (Å²) in [7, 11) is 0. The van der Waals surface area contributed by atoms with Crippen LogP contribution >= 0.6 is 23.1 Å². The molecule has 0 saturated carbocycles. The van der Waals surface area contributed by atoms with Gasteiger partial charge in [0.15, 0.2) is 0 Å². The number of carbonyl (C=O) groups is 3. The van der Waals surface area contributed by atoms with E-state index in [2.05, 4.69) is 5.32 Å². The lowest BCUT2D eigenvalue weighted by atomic mass is 10.2. The zero-order valence-electron chi connectivity index (χ0n) is 11.3. The van der Waals surface area contributed by atoms with Gasteiger partial charge in [-0.1, -0.05) is 0 Å². The molecule has 8 heteroatoms. The van der Waals surface area contributed by atoms with Crippen molar-refractivity contribution in [1.82, 2.24) is 4.90 Å². The van der Waals surface area contributed by atoms with Crippen LogP contribution in [-0.4, -0.2) is 44.5 Å². The highest BCUT2D eigenvalue weighted by Crippen LogP contribution is 2.47. The van der Waals surface area contributed by atoms with E-state index in [0.29, 0.717) is 17.2 Å². The van der Waals surface area contributed by atoms with E-state index < -0.39 is 12.0 Å². The molecule has 2 aliphatic heterocycles. The Labute approximate surface area is 129 Å². The largest absolute Gasteiger partial charge is 0.477 e. The quantitative estimate of drug-likeness (QED) is 0.885. The molecule has 1 aromatic rings. The number of anilines is 1. The molecule has 0 bridgehead atoms. The van der Waals surface area contributed by atoms with Crippen LogP contribution in [0.3, 0.4) is 0 Å². The highest BCUT2D eigenvalue weighted by molar-refractivity contribution is 8.01. The van der Waals surface area contributed by atoms with Crippen molar-refractivity contribution >= 4 is 45.9 Å². The summed E-state index contributed by atoms with van der Waals surface area (Å²) in [5, 5.41) is 12.1. The molecule has 3 heterocycles. The van der Waals surface area contributed by atoms with Gasteiger partial charge in [0.05, 0.1) is 9.87 Å². The monoisotopic (exact) mass is 326 g/mol. The van der Waals surface area contributed by atoms with E-state index in [9.17, 15) is 14.4 Å². The molecule has 112 valence electrons. The fourth-order valence-corrected chi connectivity index (χ4v) is 4.92. The summed E-state index contributed by atoms with van der Waals surface area (Å²) in [6.45, 7) is 1.99. The van der Waals surface area contributed by atoms with Crippen molar-refractivity contribution in [3.8, 4) is 0 Å². The van der Waals surface area contributed by atoms with Crippen LogP contribution in [0.15, 0.2) is 12.1 Å². The van der Waals surface area contributed by atoms with Gasteiger partial charge in [0, 0.05) is 12.2 Å². The van der Waals surface area contributed by atoms with Crippen LogP contribution in [0.4, 0.5) is 5.00 Å². The summed E-state index contributed by atoms with van der Waals surface area (Å²) in [5.41, 5.74) is 0. The zero-order chi connectivity index (χ0) is 15.2. The Hall–Kier alpha value is -1.54. The van der Waals surface area contributed by atoms with Crippen LogP contribution in [-0.2, 0) is 9.59 Å². The lowest BCUT2D eigenvalue weighted by Crippen LogP contribution is -2.47. The molecule has 0 aliphatic carbocycles. The second kappa shape index (κ2) is 5.03. The van der Waals surface area contributed by atoms with Crippen LogP contribution in [0.5, 0.6) is 0 Å². The number of amides is 2. The van der Waals surface area contributed by atoms with E-state index in [1.165, 1.54) is 6.07 Å². The normalized spacial score (nSPS) is 27.8. The molecule has 2 fully saturated rings. The fourth-order valence-electron chi connectivity index (χ4n) is 2.74. The van der Waals surface area contributed by atoms with Crippen LogP contribution in [0, 0.1) is 0 Å². The smallest absolute Gasteiger partial charge is 0.345 e. The number of aromatic carboxylic acids is 1. The van der Waals surface area contributed by atoms with Crippen molar-refractivity contribution < 1.29 is 19.5 Å². The second-order valence-corrected chi connectivity index (χ2v) is 7.81. The molecule has 21 heavy (non-hydrogen) atoms. The number of rotatable bonds is 3. The number of carboxylic acids is 1. The fraction of sp³-hybridized carbons (Fsp3) is 0.462. The Kier molecular flexibility index (Phi) is 3.45. The molecule has 2 N–H and O–H groups in total. The molecule has 2 saturated heterocycles. The molecule has 0 spiro atoms. The van der Waals surface area contributed by atoms with Gasteiger partial charge in [-0.3, -0.25) is 9.59 Å². The van der Waals surface area contributed by atoms with Gasteiger partial charge in [-0.2, -0.15) is 0 Å². The Balaban J connectivity index is 1.73. The molecule has 2 atom stereocenters. The van der Waals surface area contributed by atoms with Crippen LogP contribution in [0.25, 0.3) is 0 Å². The number of hydrogen-bond donors (Lipinski definition) is 2. The minimum atomic E-state index is -1.01. The van der Waals surface area contributed by atoms with Crippen molar-refractivity contribution in [3.05, 3.63) is 17.0 Å². The molecule has 2 aliphatic rings. The van der Waals surface area contributed by atoms with E-state index in [0.717, 1.165) is 17.8 Å². The third-order valence-electron chi connectivity index (χ3n) is 3.81. The maximum Gasteiger partial charge on any atom is 0.345 e. The van der Waals surface area contributed by atoms with Crippen molar-refractivity contribution in [2.24, 2.45) is 0 Å². The third kappa shape index (κ3) is 2.42. The summed E-state index contributed by atoms with van der Waals surface area (Å²) in [6, 6.07) is 2.54. The Morgan fingerprint density at radius 1 is 1.48 bits per heavy atom. The lowest BCUT2D eigenvalue weighted by molar-refractivity contribution is -0.135. The van der Waals surface area contributed by atoms with Gasteiger partial charge in [-0.15, -0.1) is 23.1 Å². The van der Waals surface area contributed by atoms with Gasteiger partial charge < -0.3 is 15.3 Å². The molecule has 0 radical (unpaired) electrons. The van der Waals surface area contributed by atoms with E-state index in [1.807, 2.05) is 6.92 Å². The Morgan fingerprint density at radius 2 is 2.24 bits per heavy atom. The Morgan fingerprint density at radius 3 is 2.90 bits per heavy atom. The number of nitrogens with one attached hydrogen (secondary N) is 1. The van der Waals surface area contributed by atoms with E-state index in [4.69, 9.17) is 5.11 Å². The van der Waals surface area contributed by atoms with Gasteiger partial charge in [-0.25, -0.2) is 4.79 Å². The number of nitrogens with zero attached hydrogens (tertiary/aromatic N) is 1. The standard InChI is InChI=1S/C13H14N2O4S2/c1-13-5-4-10(16)15(13)7(6-20-13)11(17)14-9-3-2-8(21-9)12(18)19/h2-3,7H,4-6H2,1H3,(H,14,17)(H,18,19). The molecule has 6 nitrogen and oxygen atoms in total. The van der Waals surface area contributed by atoms with Crippen molar-refractivity contribution in [3.63, 3.8) is 0 Å². The average molecular weight is 326 g/mol. The number of thiophene rings is 1. The third-order valence-corrected chi connectivity index (χ3v) is 6.30. The summed E-state index contributed by atoms with van der Waals surface area (Å²) in [5.74, 6) is -0.676. The average Bonchev–Trinajstić information content (AvgIpc) is 3.07. The van der Waals surface area contributed by atoms with Gasteiger partial charge in [0.2, 0.25) is 11.8 Å². The molecule has 0 aromatic carbocycles. The minimum Gasteiger partial charge on any atom is -0.477 e. The highest BCUT2D eigenvalue weighted by atomic mass is 32.2. The summed E-state index contributed by atoms with van der Waals surface area (Å²) < 4.78 is 0. The molecule has 1 aromatic heterocycles. The predicted octanol–water partition coefficient (Wildman–Crippen LogP) is 1.84. The molecule has 2 unspecified atom stereocenters. The minimum absolute atomic E-state index is 0.0139. The highest BCUT2D eigenvalue weighted by Gasteiger charge is 2.52. The number of thioether (sulfide) groups is 1. The second-order valence-electron chi connectivity index (χ2n) is 5.22. The number of fused-ring (bicyclic) bond motifs is 1. The Bertz CT molecular complexity index is 629. The van der Waals surface area contributed by atoms with Gasteiger partial charge in [0.25, 0.3) is 0 Å². The van der Waals surface area contributed by atoms with E-state index in [-0.39, 0.29) is 21.6 Å². The number of carbonyl (C=O) groups excluding carboxylic acids is 2. The number of carboxylic acid groups (broad SMARTS) is 1. The first kappa shape index (κ1) is 14.4. The predicted molar refractivity (Wildman–Crippen MR) is 80.6 cm³/mol. The van der Waals surface area contributed by atoms with Crippen molar-refractivity contribution in [2.45, 2.75) is 30.7 Å². The first-order chi connectivity index (χ1) is 9.90. The SMILES string of the molecule is CC12CCC(=O)N1C(C(=O)Nc1ccc(C(=O)O)s1)CS2.